The highest BCUT2D eigenvalue weighted by atomic mass is 35.5. The van der Waals surface area contributed by atoms with Crippen LogP contribution in [0.1, 0.15) is 12.0 Å². The minimum absolute atomic E-state index is 0.104. The first-order valence-corrected chi connectivity index (χ1v) is 6.66. The fraction of sp³-hybridized carbons (Fsp3) is 0.300. The van der Waals surface area contributed by atoms with Gasteiger partial charge in [0.2, 0.25) is 10.0 Å². The van der Waals surface area contributed by atoms with Crippen molar-refractivity contribution >= 4 is 27.6 Å². The number of aryl methyl sites for hydroxylation is 1. The number of benzene rings is 1. The van der Waals surface area contributed by atoms with Crippen molar-refractivity contribution in [3.8, 4) is 0 Å². The predicted octanol–water partition coefficient (Wildman–Crippen LogP) is 1.40. The predicted molar refractivity (Wildman–Crippen MR) is 63.6 cm³/mol. The molecule has 0 aliphatic rings. The van der Waals surface area contributed by atoms with Crippen LogP contribution in [0.2, 0.25) is 5.02 Å². The van der Waals surface area contributed by atoms with Crippen molar-refractivity contribution in [1.82, 2.24) is 4.72 Å². The number of sulfonamides is 1. The van der Waals surface area contributed by atoms with Crippen LogP contribution in [0.25, 0.3) is 0 Å². The normalized spacial score (nSPS) is 11.4. The van der Waals surface area contributed by atoms with Crippen LogP contribution in [-0.2, 0) is 14.8 Å². The first-order chi connectivity index (χ1) is 7.83. The average Bonchev–Trinajstić information content (AvgIpc) is 2.15. The highest BCUT2D eigenvalue weighted by molar-refractivity contribution is 7.89. The van der Waals surface area contributed by atoms with Crippen molar-refractivity contribution in [3.63, 3.8) is 0 Å². The maximum absolute atomic E-state index is 11.8. The quantitative estimate of drug-likeness (QED) is 0.852. The van der Waals surface area contributed by atoms with Crippen LogP contribution in [0, 0.1) is 6.92 Å². The van der Waals surface area contributed by atoms with Gasteiger partial charge in [-0.25, -0.2) is 13.1 Å². The van der Waals surface area contributed by atoms with Gasteiger partial charge in [-0.2, -0.15) is 0 Å². The Balaban J connectivity index is 2.86. The SMILES string of the molecule is Cc1cc(Cl)ccc1S(=O)(=O)NCCC(=O)O. The van der Waals surface area contributed by atoms with E-state index in [1.807, 2.05) is 0 Å². The van der Waals surface area contributed by atoms with Gasteiger partial charge in [-0.05, 0) is 30.7 Å². The van der Waals surface area contributed by atoms with Crippen molar-refractivity contribution in [2.45, 2.75) is 18.2 Å². The van der Waals surface area contributed by atoms with Crippen LogP contribution < -0.4 is 4.72 Å². The van der Waals surface area contributed by atoms with E-state index in [1.165, 1.54) is 18.2 Å². The molecule has 0 heterocycles. The lowest BCUT2D eigenvalue weighted by Gasteiger charge is -2.08. The second-order valence-corrected chi connectivity index (χ2v) is 5.62. The topological polar surface area (TPSA) is 83.5 Å². The summed E-state index contributed by atoms with van der Waals surface area (Å²) in [5, 5.41) is 8.87. The van der Waals surface area contributed by atoms with Crippen LogP contribution in [0.15, 0.2) is 23.1 Å². The Morgan fingerprint density at radius 1 is 1.47 bits per heavy atom. The molecule has 94 valence electrons. The maximum Gasteiger partial charge on any atom is 0.304 e. The molecule has 0 bridgehead atoms. The number of hydrogen-bond donors (Lipinski definition) is 2. The Bertz CT molecular complexity index is 527. The van der Waals surface area contributed by atoms with Gasteiger partial charge in [-0.1, -0.05) is 11.6 Å². The van der Waals surface area contributed by atoms with E-state index in [2.05, 4.69) is 4.72 Å². The van der Waals surface area contributed by atoms with E-state index in [1.54, 1.807) is 6.92 Å². The zero-order valence-corrected chi connectivity index (χ0v) is 10.7. The summed E-state index contributed by atoms with van der Waals surface area (Å²) in [5.41, 5.74) is 0.514. The van der Waals surface area contributed by atoms with Gasteiger partial charge >= 0.3 is 5.97 Å². The molecule has 2 N–H and O–H groups in total. The average molecular weight is 278 g/mol. The summed E-state index contributed by atoms with van der Waals surface area (Å²) in [6.07, 6.45) is -0.258. The number of nitrogens with one attached hydrogen (secondary N) is 1. The zero-order valence-electron chi connectivity index (χ0n) is 9.10. The van der Waals surface area contributed by atoms with Gasteiger partial charge in [-0.3, -0.25) is 4.79 Å². The number of carbonyl (C=O) groups is 1. The number of halogens is 1. The van der Waals surface area contributed by atoms with Gasteiger partial charge in [0.25, 0.3) is 0 Å². The van der Waals surface area contributed by atoms with Crippen molar-refractivity contribution in [2.75, 3.05) is 6.54 Å². The van der Waals surface area contributed by atoms with Crippen LogP contribution in [0.4, 0.5) is 0 Å². The highest BCUT2D eigenvalue weighted by Gasteiger charge is 2.16. The molecule has 0 fully saturated rings. The summed E-state index contributed by atoms with van der Waals surface area (Å²) < 4.78 is 25.8. The van der Waals surface area contributed by atoms with E-state index >= 15 is 0 Å². The molecule has 1 aromatic carbocycles. The highest BCUT2D eigenvalue weighted by Crippen LogP contribution is 2.19. The molecule has 5 nitrogen and oxygen atoms in total. The van der Waals surface area contributed by atoms with Gasteiger partial charge in [-0.15, -0.1) is 0 Å². The van der Waals surface area contributed by atoms with Crippen LogP contribution >= 0.6 is 11.6 Å². The van der Waals surface area contributed by atoms with E-state index in [0.29, 0.717) is 10.6 Å². The van der Waals surface area contributed by atoms with Crippen LogP contribution in [0.5, 0.6) is 0 Å². The molecule has 0 saturated carbocycles. The van der Waals surface area contributed by atoms with E-state index < -0.39 is 16.0 Å². The second-order valence-electron chi connectivity index (χ2n) is 3.45. The fourth-order valence-corrected chi connectivity index (χ4v) is 2.77. The molecule has 0 atom stereocenters. The third kappa shape index (κ3) is 3.99. The van der Waals surface area contributed by atoms with E-state index in [-0.39, 0.29) is 17.9 Å². The molecular formula is C10H12ClNO4S. The summed E-state index contributed by atoms with van der Waals surface area (Å²) >= 11 is 5.72. The fourth-order valence-electron chi connectivity index (χ4n) is 1.28. The number of carboxylic acids is 1. The molecule has 17 heavy (non-hydrogen) atoms. The van der Waals surface area contributed by atoms with E-state index in [4.69, 9.17) is 16.7 Å². The summed E-state index contributed by atoms with van der Waals surface area (Å²) in [6, 6.07) is 4.40. The standard InChI is InChI=1S/C10H12ClNO4S/c1-7-6-8(11)2-3-9(7)17(15,16)12-5-4-10(13)14/h2-3,6,12H,4-5H2,1H3,(H,13,14). The van der Waals surface area contributed by atoms with Gasteiger partial charge < -0.3 is 5.11 Å². The molecule has 0 saturated heterocycles. The Kier molecular flexibility index (Phi) is 4.50. The molecule has 1 aromatic rings. The smallest absolute Gasteiger partial charge is 0.304 e. The van der Waals surface area contributed by atoms with Crippen molar-refractivity contribution in [2.24, 2.45) is 0 Å². The monoisotopic (exact) mass is 277 g/mol. The molecule has 0 aliphatic heterocycles. The summed E-state index contributed by atoms with van der Waals surface area (Å²) in [6.45, 7) is 1.48. The molecule has 1 rings (SSSR count). The molecular weight excluding hydrogens is 266 g/mol. The number of hydrogen-bond acceptors (Lipinski definition) is 3. The number of rotatable bonds is 5. The first-order valence-electron chi connectivity index (χ1n) is 4.80. The van der Waals surface area contributed by atoms with Gasteiger partial charge in [0.1, 0.15) is 0 Å². The molecule has 0 amide bonds. The lowest BCUT2D eigenvalue weighted by molar-refractivity contribution is -0.136. The number of carboxylic acid groups (broad SMARTS) is 1. The molecule has 0 radical (unpaired) electrons. The summed E-state index contributed by atoms with van der Waals surface area (Å²) in [5.74, 6) is -1.06. The van der Waals surface area contributed by atoms with Gasteiger partial charge in [0.05, 0.1) is 11.3 Å². The van der Waals surface area contributed by atoms with Crippen molar-refractivity contribution in [3.05, 3.63) is 28.8 Å². The molecule has 0 spiro atoms. The minimum Gasteiger partial charge on any atom is -0.481 e. The Morgan fingerprint density at radius 2 is 2.12 bits per heavy atom. The second kappa shape index (κ2) is 5.48. The summed E-state index contributed by atoms with van der Waals surface area (Å²) in [4.78, 5) is 10.4. The molecule has 0 unspecified atom stereocenters. The maximum atomic E-state index is 11.8. The van der Waals surface area contributed by atoms with Crippen molar-refractivity contribution in [1.29, 1.82) is 0 Å². The van der Waals surface area contributed by atoms with Gasteiger partial charge in [0.15, 0.2) is 0 Å². The van der Waals surface area contributed by atoms with Crippen LogP contribution in [-0.4, -0.2) is 26.0 Å². The lowest BCUT2D eigenvalue weighted by atomic mass is 10.2. The first kappa shape index (κ1) is 14.0. The van der Waals surface area contributed by atoms with E-state index in [9.17, 15) is 13.2 Å². The van der Waals surface area contributed by atoms with Gasteiger partial charge in [0, 0.05) is 11.6 Å². The zero-order chi connectivity index (χ0) is 13.1. The third-order valence-electron chi connectivity index (χ3n) is 2.06. The largest absolute Gasteiger partial charge is 0.481 e. The molecule has 0 aliphatic carbocycles. The lowest BCUT2D eigenvalue weighted by Crippen LogP contribution is -2.26. The third-order valence-corrected chi connectivity index (χ3v) is 3.91. The minimum atomic E-state index is -3.68. The van der Waals surface area contributed by atoms with Crippen LogP contribution in [0.3, 0.4) is 0 Å². The Morgan fingerprint density at radius 3 is 2.65 bits per heavy atom. The van der Waals surface area contributed by atoms with Crippen molar-refractivity contribution < 1.29 is 18.3 Å². The van der Waals surface area contributed by atoms with E-state index in [0.717, 1.165) is 0 Å². The number of aliphatic carboxylic acids is 1. The Hall–Kier alpha value is -1.11. The summed E-state index contributed by atoms with van der Waals surface area (Å²) in [7, 11) is -3.68. The molecule has 0 aromatic heterocycles. The Labute approximate surface area is 104 Å². The molecule has 7 heteroatoms.